The Morgan fingerprint density at radius 2 is 1.78 bits per heavy atom. The molecule has 0 unspecified atom stereocenters. The van der Waals surface area contributed by atoms with Crippen molar-refractivity contribution in [2.45, 2.75) is 139 Å². The van der Waals surface area contributed by atoms with Crippen molar-refractivity contribution < 1.29 is 55.0 Å². The Morgan fingerprint density at radius 3 is 2.48 bits per heavy atom. The standard InChI is InChI=1S/C44H53F3N6O9S/c1-26-35(60-3)15-14-30-36(21-37(49-38(26)30)62-28-11-9-12-28)61-29-20-33-34(54)23-43(41(57)51-63(58,59)42(2)17-18-42)22-27(43)10-7-5-4-6-8-13-32(40(56)53(33)24-29)48-39(55)31-16-19-52(50-31)25-44(45,46)47/h7,10,14-16,19,21,27-29,32-33H,4-6,8-9,11-13,17-18,20,22-25H2,1-3H3,(H,48,55)(H,51,57)/b10-7-/t27-,29-,32+,33+,43-/m1/s1. The van der Waals surface area contributed by atoms with Crippen molar-refractivity contribution in [2.75, 3.05) is 13.7 Å². The summed E-state index contributed by atoms with van der Waals surface area (Å²) in [6.45, 7) is 1.93. The maximum atomic E-state index is 14.8. The fourth-order valence-electron chi connectivity index (χ4n) is 8.85. The van der Waals surface area contributed by atoms with Gasteiger partial charge in [-0.25, -0.2) is 13.4 Å². The topological polar surface area (TPSA) is 188 Å². The second-order valence-corrected chi connectivity index (χ2v) is 20.2. The number of ketones is 1. The molecule has 0 radical (unpaired) electrons. The van der Waals surface area contributed by atoms with E-state index in [2.05, 4.69) is 15.1 Å². The fraction of sp³-hybridized carbons (Fsp3) is 0.591. The lowest BCUT2D eigenvalue weighted by atomic mass is 9.91. The van der Waals surface area contributed by atoms with E-state index in [4.69, 9.17) is 19.2 Å². The average Bonchev–Trinajstić information content (AvgIpc) is 4.00. The number of aryl methyl sites for hydroxylation is 1. The number of aromatic nitrogens is 3. The first kappa shape index (κ1) is 44.4. The van der Waals surface area contributed by atoms with Crippen molar-refractivity contribution in [3.8, 4) is 17.4 Å². The van der Waals surface area contributed by atoms with Gasteiger partial charge in [0, 0.05) is 36.1 Å². The van der Waals surface area contributed by atoms with Crippen LogP contribution in [0.1, 0.15) is 106 Å². The van der Waals surface area contributed by atoms with Gasteiger partial charge in [-0.05, 0) is 95.8 Å². The smallest absolute Gasteiger partial charge is 0.408 e. The van der Waals surface area contributed by atoms with Crippen LogP contribution >= 0.6 is 0 Å². The second kappa shape index (κ2) is 17.1. The molecule has 19 heteroatoms. The lowest BCUT2D eigenvalue weighted by Gasteiger charge is -2.29. The molecule has 340 valence electrons. The number of rotatable bonds is 11. The highest BCUT2D eigenvalue weighted by Crippen LogP contribution is 2.57. The quantitative estimate of drug-likeness (QED) is 0.219. The van der Waals surface area contributed by atoms with Crippen molar-refractivity contribution >= 4 is 44.4 Å². The molecule has 2 aliphatic heterocycles. The number of benzene rings is 1. The van der Waals surface area contributed by atoms with Gasteiger partial charge in [-0.2, -0.15) is 18.3 Å². The van der Waals surface area contributed by atoms with Gasteiger partial charge in [-0.15, -0.1) is 0 Å². The van der Waals surface area contributed by atoms with Crippen molar-refractivity contribution in [3.05, 3.63) is 53.9 Å². The highest BCUT2D eigenvalue weighted by molar-refractivity contribution is 7.91. The zero-order chi connectivity index (χ0) is 44.9. The van der Waals surface area contributed by atoms with Gasteiger partial charge in [0.1, 0.15) is 42.0 Å². The summed E-state index contributed by atoms with van der Waals surface area (Å²) in [6, 6.07) is 4.08. The number of nitrogens with zero attached hydrogens (tertiary/aromatic N) is 4. The Morgan fingerprint density at radius 1 is 1.00 bits per heavy atom. The molecule has 2 aromatic heterocycles. The van der Waals surface area contributed by atoms with E-state index >= 15 is 0 Å². The van der Waals surface area contributed by atoms with Gasteiger partial charge in [0.15, 0.2) is 5.78 Å². The number of ether oxygens (including phenoxy) is 3. The van der Waals surface area contributed by atoms with Gasteiger partial charge >= 0.3 is 6.18 Å². The van der Waals surface area contributed by atoms with E-state index < -0.39 is 80.5 Å². The molecule has 4 heterocycles. The van der Waals surface area contributed by atoms with Crippen LogP contribution in [0.2, 0.25) is 0 Å². The normalized spacial score (nSPS) is 26.9. The van der Waals surface area contributed by atoms with E-state index in [0.29, 0.717) is 71.5 Å². The van der Waals surface area contributed by atoms with Gasteiger partial charge in [0.25, 0.3) is 5.91 Å². The molecular formula is C44H53F3N6O9S. The van der Waals surface area contributed by atoms with Crippen LogP contribution in [0.5, 0.6) is 17.4 Å². The van der Waals surface area contributed by atoms with Crippen LogP contribution < -0.4 is 24.2 Å². The molecular weight excluding hydrogens is 846 g/mol. The maximum Gasteiger partial charge on any atom is 0.408 e. The predicted molar refractivity (Wildman–Crippen MR) is 222 cm³/mol. The molecule has 2 N–H and O–H groups in total. The molecule has 3 saturated carbocycles. The lowest BCUT2D eigenvalue weighted by Crippen LogP contribution is -2.52. The number of nitrogens with one attached hydrogen (secondary N) is 2. The highest BCUT2D eigenvalue weighted by Gasteiger charge is 2.62. The van der Waals surface area contributed by atoms with Gasteiger partial charge in [0.05, 0.1) is 35.4 Å². The minimum absolute atomic E-state index is 0.000564. The largest absolute Gasteiger partial charge is 0.496 e. The Hall–Kier alpha value is -5.20. The van der Waals surface area contributed by atoms with E-state index in [0.717, 1.165) is 37.1 Å². The van der Waals surface area contributed by atoms with Gasteiger partial charge in [-0.3, -0.25) is 28.6 Å². The Balaban J connectivity index is 1.12. The first-order chi connectivity index (χ1) is 29.9. The van der Waals surface area contributed by atoms with Crippen LogP contribution in [0.3, 0.4) is 0 Å². The first-order valence-corrected chi connectivity index (χ1v) is 23.2. The van der Waals surface area contributed by atoms with Crippen LogP contribution in [0.15, 0.2) is 42.6 Å². The molecule has 15 nitrogen and oxygen atoms in total. The van der Waals surface area contributed by atoms with Crippen LogP contribution in [-0.2, 0) is 31.0 Å². The number of alkyl halides is 3. The number of carbonyl (C=O) groups excluding carboxylic acids is 4. The number of hydrogen-bond acceptors (Lipinski definition) is 11. The van der Waals surface area contributed by atoms with E-state index in [1.807, 2.05) is 25.1 Å². The zero-order valence-electron chi connectivity index (χ0n) is 35.5. The molecule has 0 spiro atoms. The molecule has 3 aromatic rings. The van der Waals surface area contributed by atoms with Crippen molar-refractivity contribution in [1.29, 1.82) is 0 Å². The molecule has 3 amide bonds. The summed E-state index contributed by atoms with van der Waals surface area (Å²) in [5, 5.41) is 7.12. The molecule has 3 aliphatic carbocycles. The Bertz CT molecular complexity index is 2430. The zero-order valence-corrected chi connectivity index (χ0v) is 36.4. The maximum absolute atomic E-state index is 14.8. The summed E-state index contributed by atoms with van der Waals surface area (Å²) in [6.07, 6.45) is 5.57. The second-order valence-electron chi connectivity index (χ2n) is 18.0. The summed E-state index contributed by atoms with van der Waals surface area (Å²) >= 11 is 0. The van der Waals surface area contributed by atoms with E-state index in [1.165, 1.54) is 4.90 Å². The molecule has 8 rings (SSSR count). The van der Waals surface area contributed by atoms with Crippen molar-refractivity contribution in [3.63, 3.8) is 0 Å². The molecule has 4 fully saturated rings. The number of halogens is 3. The fourth-order valence-corrected chi connectivity index (χ4v) is 10.2. The number of methoxy groups -OCH3 is 1. The number of sulfonamides is 1. The Kier molecular flexibility index (Phi) is 12.0. The molecule has 1 saturated heterocycles. The van der Waals surface area contributed by atoms with E-state index in [9.17, 15) is 40.8 Å². The summed E-state index contributed by atoms with van der Waals surface area (Å²) in [7, 11) is -2.47. The van der Waals surface area contributed by atoms with Crippen LogP contribution in [0, 0.1) is 18.3 Å². The molecule has 0 bridgehead atoms. The molecule has 63 heavy (non-hydrogen) atoms. The minimum Gasteiger partial charge on any atom is -0.496 e. The molecule has 1 aromatic carbocycles. The number of amides is 3. The number of Topliss-reactive ketones (excluding diaryl/α,β-unsaturated/α-hetero) is 1. The minimum atomic E-state index is -4.58. The SMILES string of the molecule is COc1ccc2c(O[C@@H]3C[C@H]4C(=O)C[C@]5(C(=O)NS(=O)(=O)C6(C)CC6)C[C@H]5/C=C\CCCCC[C@H](NC(=O)c5ccn(CC(F)(F)F)n5)C(=O)N4C3)cc(OC3CCC3)nc2c1C. The van der Waals surface area contributed by atoms with Gasteiger partial charge < -0.3 is 24.4 Å². The third-order valence-electron chi connectivity index (χ3n) is 13.3. The molecule has 5 atom stereocenters. The van der Waals surface area contributed by atoms with Crippen LogP contribution in [0.4, 0.5) is 13.2 Å². The monoisotopic (exact) mass is 898 g/mol. The van der Waals surface area contributed by atoms with E-state index in [-0.39, 0.29) is 44.0 Å². The number of allylic oxidation sites excluding steroid dienone is 2. The predicted octanol–water partition coefficient (Wildman–Crippen LogP) is 5.87. The van der Waals surface area contributed by atoms with Crippen LogP contribution in [0.25, 0.3) is 10.9 Å². The van der Waals surface area contributed by atoms with Gasteiger partial charge in [0.2, 0.25) is 27.7 Å². The first-order valence-electron chi connectivity index (χ1n) is 21.7. The summed E-state index contributed by atoms with van der Waals surface area (Å²) in [5.41, 5.74) is -0.353. The van der Waals surface area contributed by atoms with Crippen LogP contribution in [-0.4, -0.2) is 100 Å². The summed E-state index contributed by atoms with van der Waals surface area (Å²) < 4.78 is 86.2. The van der Waals surface area contributed by atoms with E-state index in [1.54, 1.807) is 26.2 Å². The lowest BCUT2D eigenvalue weighted by molar-refractivity contribution is -0.142. The highest BCUT2D eigenvalue weighted by atomic mass is 32.2. The summed E-state index contributed by atoms with van der Waals surface area (Å²) in [4.78, 5) is 63.3. The van der Waals surface area contributed by atoms with Crippen molar-refractivity contribution in [1.82, 2.24) is 29.7 Å². The number of pyridine rings is 1. The third-order valence-corrected chi connectivity index (χ3v) is 15.5. The van der Waals surface area contributed by atoms with Crippen molar-refractivity contribution in [2.24, 2.45) is 11.3 Å². The molecule has 5 aliphatic rings. The third kappa shape index (κ3) is 9.39. The average molecular weight is 899 g/mol. The number of fused-ring (bicyclic) bond motifs is 3. The van der Waals surface area contributed by atoms with Gasteiger partial charge in [-0.1, -0.05) is 25.0 Å². The summed E-state index contributed by atoms with van der Waals surface area (Å²) in [5.74, 6) is -1.77. The number of hydrogen-bond donors (Lipinski definition) is 2. The Labute approximate surface area is 363 Å². The number of carbonyl (C=O) groups is 4.